The fourth-order valence-corrected chi connectivity index (χ4v) is 3.46. The Morgan fingerprint density at radius 1 is 1.14 bits per heavy atom. The minimum absolute atomic E-state index is 0.0323. The van der Waals surface area contributed by atoms with E-state index in [1.807, 2.05) is 38.1 Å². The number of para-hydroxylation sites is 2. The van der Waals surface area contributed by atoms with Gasteiger partial charge >= 0.3 is 5.63 Å². The van der Waals surface area contributed by atoms with Crippen LogP contribution < -0.4 is 20.8 Å². The van der Waals surface area contributed by atoms with Crippen molar-refractivity contribution in [1.82, 2.24) is 0 Å². The molecule has 0 bridgehead atoms. The Bertz CT molecular complexity index is 1200. The van der Waals surface area contributed by atoms with Crippen molar-refractivity contribution in [3.8, 4) is 17.6 Å². The van der Waals surface area contributed by atoms with Gasteiger partial charge in [-0.15, -0.1) is 0 Å². The molecule has 0 radical (unpaired) electrons. The molecular weight excluding hydrogens is 356 g/mol. The molecule has 2 heterocycles. The largest absolute Gasteiger partial charge is 0.491 e. The second-order valence-corrected chi connectivity index (χ2v) is 6.76. The molecule has 0 fully saturated rings. The lowest BCUT2D eigenvalue weighted by Gasteiger charge is -2.27. The van der Waals surface area contributed by atoms with Crippen molar-refractivity contribution in [1.29, 1.82) is 5.26 Å². The second-order valence-electron chi connectivity index (χ2n) is 6.76. The molecule has 1 unspecified atom stereocenters. The second kappa shape index (κ2) is 6.78. The van der Waals surface area contributed by atoms with E-state index in [2.05, 4.69) is 6.07 Å². The summed E-state index contributed by atoms with van der Waals surface area (Å²) in [4.78, 5) is 12.9. The fraction of sp³-hybridized carbons (Fsp3) is 0.182. The Morgan fingerprint density at radius 2 is 1.86 bits per heavy atom. The number of benzene rings is 2. The highest BCUT2D eigenvalue weighted by molar-refractivity contribution is 5.86. The summed E-state index contributed by atoms with van der Waals surface area (Å²) < 4.78 is 17.2. The molecule has 28 heavy (non-hydrogen) atoms. The van der Waals surface area contributed by atoms with Crippen LogP contribution in [0.2, 0.25) is 0 Å². The maximum absolute atomic E-state index is 12.9. The molecule has 2 aromatic carbocycles. The lowest BCUT2D eigenvalue weighted by atomic mass is 9.83. The summed E-state index contributed by atoms with van der Waals surface area (Å²) in [5, 5.41) is 10.4. The maximum Gasteiger partial charge on any atom is 0.344 e. The molecular formula is C22H18N2O4. The summed E-state index contributed by atoms with van der Waals surface area (Å²) in [5.41, 5.74) is 6.95. The number of allylic oxidation sites excluding steroid dienone is 1. The highest BCUT2D eigenvalue weighted by Crippen LogP contribution is 2.45. The van der Waals surface area contributed by atoms with Gasteiger partial charge in [-0.3, -0.25) is 0 Å². The highest BCUT2D eigenvalue weighted by Gasteiger charge is 2.37. The van der Waals surface area contributed by atoms with Crippen LogP contribution in [0.15, 0.2) is 69.2 Å². The lowest BCUT2D eigenvalue weighted by Crippen LogP contribution is -2.26. The number of fused-ring (bicyclic) bond motifs is 3. The minimum atomic E-state index is -0.746. The molecule has 1 atom stereocenters. The van der Waals surface area contributed by atoms with Crippen molar-refractivity contribution in [3.63, 3.8) is 0 Å². The van der Waals surface area contributed by atoms with Gasteiger partial charge in [-0.1, -0.05) is 30.3 Å². The molecule has 0 spiro atoms. The Kier molecular flexibility index (Phi) is 4.28. The highest BCUT2D eigenvalue weighted by atomic mass is 16.5. The first-order valence-corrected chi connectivity index (χ1v) is 8.90. The van der Waals surface area contributed by atoms with E-state index in [0.717, 1.165) is 0 Å². The topological polar surface area (TPSA) is 98.5 Å². The number of nitriles is 1. The first-order valence-electron chi connectivity index (χ1n) is 8.90. The predicted molar refractivity (Wildman–Crippen MR) is 104 cm³/mol. The van der Waals surface area contributed by atoms with Crippen molar-refractivity contribution in [2.24, 2.45) is 5.73 Å². The lowest BCUT2D eigenvalue weighted by molar-refractivity contribution is 0.239. The van der Waals surface area contributed by atoms with Crippen molar-refractivity contribution < 1.29 is 13.9 Å². The number of rotatable bonds is 3. The van der Waals surface area contributed by atoms with Gasteiger partial charge in [0.2, 0.25) is 5.88 Å². The van der Waals surface area contributed by atoms with Crippen LogP contribution in [0, 0.1) is 11.3 Å². The van der Waals surface area contributed by atoms with Gasteiger partial charge in [0.05, 0.1) is 23.0 Å². The van der Waals surface area contributed by atoms with E-state index in [-0.39, 0.29) is 23.1 Å². The summed E-state index contributed by atoms with van der Waals surface area (Å²) in [6.45, 7) is 3.82. The number of ether oxygens (including phenoxy) is 2. The first kappa shape index (κ1) is 17.7. The maximum atomic E-state index is 12.9. The number of nitrogens with two attached hydrogens (primary N) is 1. The van der Waals surface area contributed by atoms with Crippen LogP contribution in [-0.2, 0) is 0 Å². The van der Waals surface area contributed by atoms with Crippen LogP contribution in [0.5, 0.6) is 11.5 Å². The third-order valence-electron chi connectivity index (χ3n) is 4.57. The summed E-state index contributed by atoms with van der Waals surface area (Å²) in [7, 11) is 0. The van der Waals surface area contributed by atoms with Crippen LogP contribution in [0.4, 0.5) is 0 Å². The van der Waals surface area contributed by atoms with Gasteiger partial charge in [0.1, 0.15) is 23.0 Å². The molecule has 1 aliphatic rings. The van der Waals surface area contributed by atoms with Crippen molar-refractivity contribution in [2.75, 3.05) is 0 Å². The minimum Gasteiger partial charge on any atom is -0.491 e. The molecule has 6 heteroatoms. The van der Waals surface area contributed by atoms with Gasteiger partial charge < -0.3 is 19.6 Å². The molecule has 0 saturated carbocycles. The summed E-state index contributed by atoms with van der Waals surface area (Å²) in [6.07, 6.45) is -0.0830. The Morgan fingerprint density at radius 3 is 2.61 bits per heavy atom. The molecule has 1 aromatic heterocycles. The third kappa shape index (κ3) is 2.78. The number of hydrogen-bond donors (Lipinski definition) is 1. The molecule has 0 aliphatic carbocycles. The van der Waals surface area contributed by atoms with E-state index < -0.39 is 11.5 Å². The van der Waals surface area contributed by atoms with Crippen LogP contribution >= 0.6 is 0 Å². The number of nitrogens with zero attached hydrogens (tertiary/aromatic N) is 1. The Balaban J connectivity index is 2.05. The predicted octanol–water partition coefficient (Wildman–Crippen LogP) is 3.80. The number of hydrogen-bond acceptors (Lipinski definition) is 6. The third-order valence-corrected chi connectivity index (χ3v) is 4.57. The van der Waals surface area contributed by atoms with Crippen molar-refractivity contribution in [3.05, 3.63) is 81.5 Å². The standard InChI is InChI=1S/C22H18N2O4/c1-12(2)26-16-9-5-3-7-13(16)18-15(11-23)21(24)28-20-14-8-4-6-10-17(14)27-22(25)19(18)20/h3-10,12,18H,24H2,1-2H3. The molecule has 140 valence electrons. The van der Waals surface area contributed by atoms with Gasteiger partial charge in [-0.25, -0.2) is 4.79 Å². The van der Waals surface area contributed by atoms with Crippen LogP contribution in [-0.4, -0.2) is 6.10 Å². The van der Waals surface area contributed by atoms with Crippen LogP contribution in [0.1, 0.15) is 30.9 Å². The summed E-state index contributed by atoms with van der Waals surface area (Å²) in [6, 6.07) is 16.4. The zero-order valence-electron chi connectivity index (χ0n) is 15.4. The molecule has 6 nitrogen and oxygen atoms in total. The average Bonchev–Trinajstić information content (AvgIpc) is 2.67. The molecule has 3 aromatic rings. The summed E-state index contributed by atoms with van der Waals surface area (Å²) >= 11 is 0. The zero-order valence-corrected chi connectivity index (χ0v) is 15.4. The van der Waals surface area contributed by atoms with E-state index in [1.54, 1.807) is 24.3 Å². The van der Waals surface area contributed by atoms with Crippen LogP contribution in [0.25, 0.3) is 11.0 Å². The van der Waals surface area contributed by atoms with E-state index in [0.29, 0.717) is 28.0 Å². The van der Waals surface area contributed by atoms with Gasteiger partial charge in [0, 0.05) is 5.56 Å². The smallest absolute Gasteiger partial charge is 0.344 e. The van der Waals surface area contributed by atoms with Crippen molar-refractivity contribution in [2.45, 2.75) is 25.9 Å². The summed E-state index contributed by atoms with van der Waals surface area (Å²) in [5.74, 6) is 0.107. The Hall–Kier alpha value is -3.72. The Labute approximate surface area is 161 Å². The molecule has 2 N–H and O–H groups in total. The molecule has 1 aliphatic heterocycles. The van der Waals surface area contributed by atoms with Gasteiger partial charge in [0.25, 0.3) is 0 Å². The molecule has 0 saturated heterocycles. The van der Waals surface area contributed by atoms with E-state index in [9.17, 15) is 10.1 Å². The quantitative estimate of drug-likeness (QED) is 0.700. The van der Waals surface area contributed by atoms with Crippen LogP contribution in [0.3, 0.4) is 0 Å². The molecule has 0 amide bonds. The fourth-order valence-electron chi connectivity index (χ4n) is 3.46. The van der Waals surface area contributed by atoms with Crippen molar-refractivity contribution >= 4 is 11.0 Å². The monoisotopic (exact) mass is 374 g/mol. The van der Waals surface area contributed by atoms with Gasteiger partial charge in [-0.2, -0.15) is 5.26 Å². The van der Waals surface area contributed by atoms with E-state index in [1.165, 1.54) is 0 Å². The average molecular weight is 374 g/mol. The van der Waals surface area contributed by atoms with E-state index >= 15 is 0 Å². The van der Waals surface area contributed by atoms with Gasteiger partial charge in [0.15, 0.2) is 5.75 Å². The zero-order chi connectivity index (χ0) is 19.8. The van der Waals surface area contributed by atoms with E-state index in [4.69, 9.17) is 19.6 Å². The first-order chi connectivity index (χ1) is 13.5. The normalized spacial score (nSPS) is 15.9. The van der Waals surface area contributed by atoms with Gasteiger partial charge in [-0.05, 0) is 32.0 Å². The SMILES string of the molecule is CC(C)Oc1ccccc1C1C(C#N)=C(N)Oc2c1c(=O)oc1ccccc21. The molecule has 4 rings (SSSR count).